The first-order valence-corrected chi connectivity index (χ1v) is 8.19. The summed E-state index contributed by atoms with van der Waals surface area (Å²) < 4.78 is 5.11. The van der Waals surface area contributed by atoms with Gasteiger partial charge in [-0.15, -0.1) is 0 Å². The van der Waals surface area contributed by atoms with E-state index in [0.717, 1.165) is 25.3 Å². The minimum atomic E-state index is -0.242. The summed E-state index contributed by atoms with van der Waals surface area (Å²) in [4.78, 5) is 23.3. The number of ether oxygens (including phenoxy) is 1. The smallest absolute Gasteiger partial charge is 0.274 e. The number of nitrogens with zero attached hydrogens (tertiary/aromatic N) is 3. The molecule has 6 nitrogen and oxygen atoms in total. The van der Waals surface area contributed by atoms with Gasteiger partial charge in [0, 0.05) is 25.0 Å². The van der Waals surface area contributed by atoms with Gasteiger partial charge in [0.05, 0.1) is 7.11 Å². The SMILES string of the molecule is COc1ccc(NC(=O)c2ccnc(N3CCCC(C)C3)n2)cc1. The van der Waals surface area contributed by atoms with Crippen LogP contribution < -0.4 is 15.0 Å². The molecule has 2 aromatic rings. The molecule has 1 aromatic heterocycles. The van der Waals surface area contributed by atoms with Crippen LogP contribution in [0.2, 0.25) is 0 Å². The quantitative estimate of drug-likeness (QED) is 0.935. The fourth-order valence-corrected chi connectivity index (χ4v) is 2.87. The maximum absolute atomic E-state index is 12.4. The molecule has 1 unspecified atom stereocenters. The Morgan fingerprint density at radius 1 is 1.29 bits per heavy atom. The largest absolute Gasteiger partial charge is 0.497 e. The van der Waals surface area contributed by atoms with Crippen LogP contribution in [0, 0.1) is 5.92 Å². The maximum atomic E-state index is 12.4. The van der Waals surface area contributed by atoms with Crippen molar-refractivity contribution in [3.05, 3.63) is 42.2 Å². The van der Waals surface area contributed by atoms with Crippen LogP contribution in [0.4, 0.5) is 11.6 Å². The molecule has 1 aliphatic rings. The number of anilines is 2. The van der Waals surface area contributed by atoms with E-state index in [2.05, 4.69) is 27.1 Å². The van der Waals surface area contributed by atoms with Crippen LogP contribution in [-0.4, -0.2) is 36.1 Å². The average Bonchev–Trinajstić information content (AvgIpc) is 2.62. The molecule has 6 heteroatoms. The number of methoxy groups -OCH3 is 1. The van der Waals surface area contributed by atoms with Gasteiger partial charge in [0.2, 0.25) is 5.95 Å². The van der Waals surface area contributed by atoms with E-state index in [9.17, 15) is 4.79 Å². The summed E-state index contributed by atoms with van der Waals surface area (Å²) in [5.41, 5.74) is 1.07. The first-order valence-electron chi connectivity index (χ1n) is 8.19. The van der Waals surface area contributed by atoms with Crippen LogP contribution in [-0.2, 0) is 0 Å². The van der Waals surface area contributed by atoms with Crippen molar-refractivity contribution in [3.63, 3.8) is 0 Å². The minimum absolute atomic E-state index is 0.242. The lowest BCUT2D eigenvalue weighted by molar-refractivity contribution is 0.102. The normalized spacial score (nSPS) is 17.4. The number of aromatic nitrogens is 2. The summed E-state index contributed by atoms with van der Waals surface area (Å²) in [6.07, 6.45) is 4.01. The molecule has 1 saturated heterocycles. The fraction of sp³-hybridized carbons (Fsp3) is 0.389. The molecule has 0 spiro atoms. The molecule has 1 fully saturated rings. The van der Waals surface area contributed by atoms with E-state index in [4.69, 9.17) is 4.74 Å². The highest BCUT2D eigenvalue weighted by atomic mass is 16.5. The van der Waals surface area contributed by atoms with Crippen molar-refractivity contribution in [1.29, 1.82) is 0 Å². The molecule has 1 aliphatic heterocycles. The van der Waals surface area contributed by atoms with Crippen molar-refractivity contribution < 1.29 is 9.53 Å². The van der Waals surface area contributed by atoms with Gasteiger partial charge in [-0.05, 0) is 49.1 Å². The summed E-state index contributed by atoms with van der Waals surface area (Å²) >= 11 is 0. The highest BCUT2D eigenvalue weighted by molar-refractivity contribution is 6.03. The predicted molar refractivity (Wildman–Crippen MR) is 93.6 cm³/mol. The summed E-state index contributed by atoms with van der Waals surface area (Å²) in [5.74, 6) is 1.76. The van der Waals surface area contributed by atoms with E-state index in [-0.39, 0.29) is 5.91 Å². The van der Waals surface area contributed by atoms with Gasteiger partial charge >= 0.3 is 0 Å². The van der Waals surface area contributed by atoms with Gasteiger partial charge in [-0.1, -0.05) is 6.92 Å². The third-order valence-electron chi connectivity index (χ3n) is 4.16. The molecule has 0 saturated carbocycles. The zero-order chi connectivity index (χ0) is 16.9. The van der Waals surface area contributed by atoms with Crippen LogP contribution >= 0.6 is 0 Å². The van der Waals surface area contributed by atoms with Gasteiger partial charge in [-0.2, -0.15) is 0 Å². The second-order valence-corrected chi connectivity index (χ2v) is 6.12. The van der Waals surface area contributed by atoms with Gasteiger partial charge in [0.15, 0.2) is 0 Å². The van der Waals surface area contributed by atoms with Crippen molar-refractivity contribution in [2.75, 3.05) is 30.4 Å². The van der Waals surface area contributed by atoms with Crippen LogP contribution in [0.15, 0.2) is 36.5 Å². The lowest BCUT2D eigenvalue weighted by Gasteiger charge is -2.30. The molecule has 2 heterocycles. The number of carbonyl (C=O) groups excluding carboxylic acids is 1. The second-order valence-electron chi connectivity index (χ2n) is 6.12. The molecule has 1 aromatic carbocycles. The molecule has 126 valence electrons. The van der Waals surface area contributed by atoms with Gasteiger partial charge in [-0.25, -0.2) is 9.97 Å². The molecule has 0 radical (unpaired) electrons. The van der Waals surface area contributed by atoms with Crippen molar-refractivity contribution in [1.82, 2.24) is 9.97 Å². The molecule has 0 bridgehead atoms. The number of hydrogen-bond donors (Lipinski definition) is 1. The van der Waals surface area contributed by atoms with Crippen LogP contribution in [0.3, 0.4) is 0 Å². The van der Waals surface area contributed by atoms with E-state index in [1.165, 1.54) is 6.42 Å². The molecule has 1 atom stereocenters. The number of hydrogen-bond acceptors (Lipinski definition) is 5. The Kier molecular flexibility index (Phi) is 4.93. The molecule has 1 amide bonds. The fourth-order valence-electron chi connectivity index (χ4n) is 2.87. The zero-order valence-corrected chi connectivity index (χ0v) is 14.0. The number of benzene rings is 1. The van der Waals surface area contributed by atoms with E-state index < -0.39 is 0 Å². The molecular weight excluding hydrogens is 304 g/mol. The van der Waals surface area contributed by atoms with Crippen molar-refractivity contribution in [2.24, 2.45) is 5.92 Å². The lowest BCUT2D eigenvalue weighted by Crippen LogP contribution is -2.35. The van der Waals surface area contributed by atoms with E-state index in [1.54, 1.807) is 43.6 Å². The number of carbonyl (C=O) groups is 1. The highest BCUT2D eigenvalue weighted by Crippen LogP contribution is 2.20. The summed E-state index contributed by atoms with van der Waals surface area (Å²) in [6, 6.07) is 8.83. The lowest BCUT2D eigenvalue weighted by atomic mass is 10.0. The third-order valence-corrected chi connectivity index (χ3v) is 4.16. The number of amides is 1. The first kappa shape index (κ1) is 16.2. The van der Waals surface area contributed by atoms with Crippen molar-refractivity contribution >= 4 is 17.5 Å². The number of nitrogens with one attached hydrogen (secondary N) is 1. The number of rotatable bonds is 4. The molecule has 24 heavy (non-hydrogen) atoms. The first-order chi connectivity index (χ1) is 11.7. The Morgan fingerprint density at radius 3 is 2.79 bits per heavy atom. The van der Waals surface area contributed by atoms with Crippen molar-refractivity contribution in [2.45, 2.75) is 19.8 Å². The third kappa shape index (κ3) is 3.82. The summed E-state index contributed by atoms with van der Waals surface area (Å²) in [7, 11) is 1.61. The minimum Gasteiger partial charge on any atom is -0.497 e. The Hall–Kier alpha value is -2.63. The van der Waals surface area contributed by atoms with Crippen molar-refractivity contribution in [3.8, 4) is 5.75 Å². The molecular formula is C18H22N4O2. The monoisotopic (exact) mass is 326 g/mol. The zero-order valence-electron chi connectivity index (χ0n) is 14.0. The Balaban J connectivity index is 1.71. The van der Waals surface area contributed by atoms with Crippen LogP contribution in [0.1, 0.15) is 30.3 Å². The Morgan fingerprint density at radius 2 is 2.08 bits per heavy atom. The molecule has 1 N–H and O–H groups in total. The molecule has 0 aliphatic carbocycles. The van der Waals surface area contributed by atoms with Gasteiger partial charge < -0.3 is 15.0 Å². The van der Waals surface area contributed by atoms with Crippen LogP contribution in [0.25, 0.3) is 0 Å². The standard InChI is InChI=1S/C18H22N4O2/c1-13-4-3-11-22(12-13)18-19-10-9-16(21-18)17(23)20-14-5-7-15(24-2)8-6-14/h5-10,13H,3-4,11-12H2,1-2H3,(H,20,23). The van der Waals surface area contributed by atoms with Gasteiger partial charge in [0.25, 0.3) is 5.91 Å². The van der Waals surface area contributed by atoms with E-state index in [1.807, 2.05) is 0 Å². The highest BCUT2D eigenvalue weighted by Gasteiger charge is 2.19. The summed E-state index contributed by atoms with van der Waals surface area (Å²) in [5, 5.41) is 2.85. The van der Waals surface area contributed by atoms with Gasteiger partial charge in [-0.3, -0.25) is 4.79 Å². The topological polar surface area (TPSA) is 67.3 Å². The average molecular weight is 326 g/mol. The maximum Gasteiger partial charge on any atom is 0.274 e. The molecule has 3 rings (SSSR count). The van der Waals surface area contributed by atoms with Crippen LogP contribution in [0.5, 0.6) is 5.75 Å². The Bertz CT molecular complexity index is 702. The Labute approximate surface area is 141 Å². The summed E-state index contributed by atoms with van der Waals surface area (Å²) in [6.45, 7) is 4.10. The second kappa shape index (κ2) is 7.29. The van der Waals surface area contributed by atoms with E-state index >= 15 is 0 Å². The van der Waals surface area contributed by atoms with Gasteiger partial charge in [0.1, 0.15) is 11.4 Å². The number of piperidine rings is 1. The predicted octanol–water partition coefficient (Wildman–Crippen LogP) is 2.97. The van der Waals surface area contributed by atoms with E-state index in [0.29, 0.717) is 23.2 Å².